The molecule has 22 heavy (non-hydrogen) atoms. The standard InChI is InChI=1S/C13H18NO7P/c1-4-19-22(18,20-5-2)13(21-10(3)15)11-8-6-7-9-12(11)14(16)17/h6-9,13H,4-5H2,1-3H3. The van der Waals surface area contributed by atoms with Gasteiger partial charge < -0.3 is 13.8 Å². The highest BCUT2D eigenvalue weighted by molar-refractivity contribution is 7.54. The molecule has 9 heteroatoms. The Balaban J connectivity index is 3.43. The molecule has 0 bridgehead atoms. The number of rotatable bonds is 8. The van der Waals surface area contributed by atoms with Crippen LogP contribution in [0.4, 0.5) is 5.69 Å². The Labute approximate surface area is 128 Å². The minimum Gasteiger partial charge on any atom is -0.444 e. The molecule has 1 atom stereocenters. The van der Waals surface area contributed by atoms with Crippen LogP contribution in [0.25, 0.3) is 0 Å². The number of ether oxygens (including phenoxy) is 1. The number of esters is 1. The zero-order valence-corrected chi connectivity index (χ0v) is 13.4. The van der Waals surface area contributed by atoms with Gasteiger partial charge >= 0.3 is 13.6 Å². The van der Waals surface area contributed by atoms with Crippen molar-refractivity contribution < 1.29 is 28.1 Å². The van der Waals surface area contributed by atoms with Crippen LogP contribution < -0.4 is 0 Å². The van der Waals surface area contributed by atoms with E-state index in [9.17, 15) is 19.5 Å². The predicted octanol–water partition coefficient (Wildman–Crippen LogP) is 3.42. The summed E-state index contributed by atoms with van der Waals surface area (Å²) in [6.07, 6.45) is 0. The molecule has 0 aromatic heterocycles. The first kappa shape index (κ1) is 18.3. The third-order valence-electron chi connectivity index (χ3n) is 2.58. The first-order valence-electron chi connectivity index (χ1n) is 6.65. The van der Waals surface area contributed by atoms with Gasteiger partial charge in [-0.2, -0.15) is 0 Å². The molecule has 1 rings (SSSR count). The van der Waals surface area contributed by atoms with Crippen LogP contribution in [0.2, 0.25) is 0 Å². The van der Waals surface area contributed by atoms with Gasteiger partial charge in [0.05, 0.1) is 23.7 Å². The average Bonchev–Trinajstić information content (AvgIpc) is 2.45. The lowest BCUT2D eigenvalue weighted by Gasteiger charge is -2.25. The molecule has 1 aromatic carbocycles. The molecule has 0 N–H and O–H groups in total. The number of benzene rings is 1. The Kier molecular flexibility index (Phi) is 6.67. The zero-order chi connectivity index (χ0) is 16.8. The molecule has 0 saturated carbocycles. The quantitative estimate of drug-likeness (QED) is 0.311. The molecular weight excluding hydrogens is 313 g/mol. The van der Waals surface area contributed by atoms with Gasteiger partial charge in [-0.25, -0.2) is 0 Å². The molecule has 0 aliphatic carbocycles. The molecule has 0 heterocycles. The lowest BCUT2D eigenvalue weighted by atomic mass is 10.2. The fourth-order valence-corrected chi connectivity index (χ4v) is 3.75. The third kappa shape index (κ3) is 4.37. The van der Waals surface area contributed by atoms with E-state index in [2.05, 4.69) is 0 Å². The van der Waals surface area contributed by atoms with Crippen LogP contribution in [0.1, 0.15) is 32.2 Å². The van der Waals surface area contributed by atoms with Crippen LogP contribution in [0.5, 0.6) is 0 Å². The molecule has 1 unspecified atom stereocenters. The van der Waals surface area contributed by atoms with Gasteiger partial charge in [0.25, 0.3) is 5.69 Å². The van der Waals surface area contributed by atoms with Crippen molar-refractivity contribution in [3.8, 4) is 0 Å². The van der Waals surface area contributed by atoms with Gasteiger partial charge in [0.1, 0.15) is 0 Å². The van der Waals surface area contributed by atoms with E-state index in [1.807, 2.05) is 0 Å². The minimum absolute atomic E-state index is 0.0343. The number of para-hydroxylation sites is 1. The maximum Gasteiger partial charge on any atom is 0.375 e. The smallest absolute Gasteiger partial charge is 0.375 e. The first-order chi connectivity index (χ1) is 10.4. The summed E-state index contributed by atoms with van der Waals surface area (Å²) in [5.41, 5.74) is -0.360. The zero-order valence-electron chi connectivity index (χ0n) is 12.6. The highest BCUT2D eigenvalue weighted by Gasteiger charge is 2.43. The molecule has 0 radical (unpaired) electrons. The van der Waals surface area contributed by atoms with E-state index >= 15 is 0 Å². The van der Waals surface area contributed by atoms with E-state index in [4.69, 9.17) is 13.8 Å². The SMILES string of the molecule is CCOP(=O)(OCC)C(OC(C)=O)c1ccccc1[N+](=O)[O-]. The van der Waals surface area contributed by atoms with Crippen LogP contribution in [-0.2, 0) is 23.1 Å². The Morgan fingerprint density at radius 3 is 2.27 bits per heavy atom. The van der Waals surface area contributed by atoms with Gasteiger partial charge in [0.15, 0.2) is 0 Å². The number of nitrogens with zero attached hydrogens (tertiary/aromatic N) is 1. The average molecular weight is 331 g/mol. The summed E-state index contributed by atoms with van der Waals surface area (Å²) >= 11 is 0. The van der Waals surface area contributed by atoms with Gasteiger partial charge in [-0.3, -0.25) is 19.5 Å². The summed E-state index contributed by atoms with van der Waals surface area (Å²) < 4.78 is 28.2. The van der Waals surface area contributed by atoms with Crippen molar-refractivity contribution in [1.29, 1.82) is 0 Å². The largest absolute Gasteiger partial charge is 0.444 e. The lowest BCUT2D eigenvalue weighted by molar-refractivity contribution is -0.386. The highest BCUT2D eigenvalue weighted by atomic mass is 31.2. The van der Waals surface area contributed by atoms with Crippen molar-refractivity contribution >= 4 is 19.3 Å². The molecule has 0 saturated heterocycles. The van der Waals surface area contributed by atoms with Crippen LogP contribution in [0.3, 0.4) is 0 Å². The Bertz CT molecular complexity index is 580. The number of hydrogen-bond donors (Lipinski definition) is 0. The van der Waals surface area contributed by atoms with Crippen molar-refractivity contribution in [2.24, 2.45) is 0 Å². The molecule has 0 spiro atoms. The minimum atomic E-state index is -3.92. The second kappa shape index (κ2) is 8.03. The van der Waals surface area contributed by atoms with Gasteiger partial charge in [-0.05, 0) is 19.9 Å². The van der Waals surface area contributed by atoms with Crippen LogP contribution in [-0.4, -0.2) is 24.1 Å². The second-order valence-electron chi connectivity index (χ2n) is 4.15. The van der Waals surface area contributed by atoms with Crippen LogP contribution in [0.15, 0.2) is 24.3 Å². The van der Waals surface area contributed by atoms with E-state index < -0.39 is 24.3 Å². The number of carbonyl (C=O) groups excluding carboxylic acids is 1. The second-order valence-corrected chi connectivity index (χ2v) is 6.22. The first-order valence-corrected chi connectivity index (χ1v) is 8.26. The Hall–Kier alpha value is -1.76. The molecular formula is C13H18NO7P. The third-order valence-corrected chi connectivity index (χ3v) is 4.78. The normalized spacial score (nSPS) is 12.7. The number of carbonyl (C=O) groups is 1. The van der Waals surface area contributed by atoms with E-state index in [1.54, 1.807) is 13.8 Å². The van der Waals surface area contributed by atoms with Gasteiger partial charge in [-0.1, -0.05) is 12.1 Å². The molecule has 122 valence electrons. The molecule has 0 fully saturated rings. The summed E-state index contributed by atoms with van der Waals surface area (Å²) in [5.74, 6) is -2.24. The molecule has 1 aromatic rings. The molecule has 8 nitrogen and oxygen atoms in total. The maximum atomic E-state index is 12.9. The maximum absolute atomic E-state index is 12.9. The summed E-state index contributed by atoms with van der Waals surface area (Å²) in [6, 6.07) is 5.56. The number of hydrogen-bond acceptors (Lipinski definition) is 7. The lowest BCUT2D eigenvalue weighted by Crippen LogP contribution is -2.14. The fourth-order valence-electron chi connectivity index (χ4n) is 1.85. The summed E-state index contributed by atoms with van der Waals surface area (Å²) in [6.45, 7) is 4.38. The number of nitro benzene ring substituents is 1. The van der Waals surface area contributed by atoms with Gasteiger partial charge in [0, 0.05) is 13.0 Å². The van der Waals surface area contributed by atoms with Crippen LogP contribution >= 0.6 is 7.60 Å². The topological polar surface area (TPSA) is 105 Å². The van der Waals surface area contributed by atoms with E-state index in [1.165, 1.54) is 24.3 Å². The summed E-state index contributed by atoms with van der Waals surface area (Å²) in [4.78, 5) is 21.8. The van der Waals surface area contributed by atoms with Crippen molar-refractivity contribution in [3.63, 3.8) is 0 Å². The fraction of sp³-hybridized carbons (Fsp3) is 0.462. The molecule has 0 amide bonds. The van der Waals surface area contributed by atoms with Crippen LogP contribution in [0, 0.1) is 10.1 Å². The summed E-state index contributed by atoms with van der Waals surface area (Å²) in [5, 5.41) is 11.1. The summed E-state index contributed by atoms with van der Waals surface area (Å²) in [7, 11) is -3.92. The van der Waals surface area contributed by atoms with E-state index in [0.29, 0.717) is 0 Å². The van der Waals surface area contributed by atoms with Crippen molar-refractivity contribution in [2.75, 3.05) is 13.2 Å². The van der Waals surface area contributed by atoms with Crippen molar-refractivity contribution in [1.82, 2.24) is 0 Å². The van der Waals surface area contributed by atoms with Gasteiger partial charge in [-0.15, -0.1) is 0 Å². The van der Waals surface area contributed by atoms with E-state index in [0.717, 1.165) is 6.92 Å². The molecule has 0 aliphatic rings. The Morgan fingerprint density at radius 2 is 1.82 bits per heavy atom. The van der Waals surface area contributed by atoms with E-state index in [-0.39, 0.29) is 24.5 Å². The van der Waals surface area contributed by atoms with Gasteiger partial charge in [0.2, 0.25) is 5.85 Å². The van der Waals surface area contributed by atoms with Crippen molar-refractivity contribution in [2.45, 2.75) is 26.6 Å². The predicted molar refractivity (Wildman–Crippen MR) is 78.5 cm³/mol. The van der Waals surface area contributed by atoms with Crippen molar-refractivity contribution in [3.05, 3.63) is 39.9 Å². The Morgan fingerprint density at radius 1 is 1.27 bits per heavy atom. The highest BCUT2D eigenvalue weighted by Crippen LogP contribution is 2.62. The molecule has 0 aliphatic heterocycles. The number of nitro groups is 1. The monoisotopic (exact) mass is 331 g/mol.